The Kier molecular flexibility index (Phi) is 4.93. The van der Waals surface area contributed by atoms with Gasteiger partial charge in [-0.05, 0) is 38.8 Å². The molecule has 4 nitrogen and oxygen atoms in total. The van der Waals surface area contributed by atoms with E-state index >= 15 is 0 Å². The van der Waals surface area contributed by atoms with Crippen LogP contribution in [-0.2, 0) is 0 Å². The zero-order chi connectivity index (χ0) is 16.3. The second-order valence-corrected chi connectivity index (χ2v) is 5.62. The number of aromatic amines is 1. The van der Waals surface area contributed by atoms with Gasteiger partial charge >= 0.3 is 0 Å². The quantitative estimate of drug-likeness (QED) is 0.804. The molecule has 0 saturated heterocycles. The van der Waals surface area contributed by atoms with Gasteiger partial charge in [-0.1, -0.05) is 30.3 Å². The average Bonchev–Trinajstić information content (AvgIpc) is 2.80. The van der Waals surface area contributed by atoms with E-state index in [1.165, 1.54) is 6.92 Å². The molecule has 2 N–H and O–H groups in total. The second kappa shape index (κ2) is 6.71. The lowest BCUT2D eigenvalue weighted by molar-refractivity contribution is 0.0982. The van der Waals surface area contributed by atoms with Crippen LogP contribution in [0.5, 0.6) is 0 Å². The molecule has 4 heteroatoms. The molecule has 0 aliphatic rings. The maximum Gasteiger partial charge on any atom is 0.193 e. The molecule has 0 aliphatic carbocycles. The van der Waals surface area contributed by atoms with Gasteiger partial charge < -0.3 is 10.3 Å². The van der Waals surface area contributed by atoms with Crippen LogP contribution < -0.4 is 5.32 Å². The summed E-state index contributed by atoms with van der Waals surface area (Å²) in [5.74, 6) is -0.0493. The summed E-state index contributed by atoms with van der Waals surface area (Å²) in [4.78, 5) is 27.1. The van der Waals surface area contributed by atoms with Gasteiger partial charge in [-0.15, -0.1) is 0 Å². The summed E-state index contributed by atoms with van der Waals surface area (Å²) in [6.45, 7) is 7.41. The highest BCUT2D eigenvalue weighted by Gasteiger charge is 2.19. The van der Waals surface area contributed by atoms with Crippen LogP contribution in [0.2, 0.25) is 0 Å². The van der Waals surface area contributed by atoms with E-state index in [0.29, 0.717) is 11.3 Å². The fraction of sp³-hybridized carbons (Fsp3) is 0.333. The highest BCUT2D eigenvalue weighted by Crippen LogP contribution is 2.19. The molecule has 0 fully saturated rings. The second-order valence-electron chi connectivity index (χ2n) is 5.62. The lowest BCUT2D eigenvalue weighted by Gasteiger charge is -2.13. The number of ketones is 2. The van der Waals surface area contributed by atoms with Crippen LogP contribution in [0.25, 0.3) is 0 Å². The number of Topliss-reactive ketones (excluding diaryl/α,β-unsaturated/α-hetero) is 2. The van der Waals surface area contributed by atoms with Gasteiger partial charge in [-0.25, -0.2) is 0 Å². The smallest absolute Gasteiger partial charge is 0.193 e. The van der Waals surface area contributed by atoms with E-state index in [2.05, 4.69) is 10.3 Å². The number of aryl methyl sites for hydroxylation is 1. The minimum atomic E-state index is -0.0316. The molecular formula is C18H22N2O2. The molecule has 1 atom stereocenters. The number of hydrogen-bond donors (Lipinski definition) is 2. The molecule has 0 aliphatic heterocycles. The van der Waals surface area contributed by atoms with Crippen molar-refractivity contribution in [1.82, 2.24) is 10.3 Å². The zero-order valence-corrected chi connectivity index (χ0v) is 13.5. The van der Waals surface area contributed by atoms with Gasteiger partial charge in [0.2, 0.25) is 0 Å². The number of carbonyl (C=O) groups is 2. The molecule has 0 unspecified atom stereocenters. The summed E-state index contributed by atoms with van der Waals surface area (Å²) in [7, 11) is 0. The van der Waals surface area contributed by atoms with E-state index in [-0.39, 0.29) is 24.2 Å². The molecule has 2 aromatic rings. The van der Waals surface area contributed by atoms with Crippen molar-refractivity contribution < 1.29 is 9.59 Å². The van der Waals surface area contributed by atoms with Gasteiger partial charge in [0.1, 0.15) is 0 Å². The fourth-order valence-corrected chi connectivity index (χ4v) is 2.75. The van der Waals surface area contributed by atoms with Gasteiger partial charge in [0.15, 0.2) is 11.6 Å². The number of H-pyrrole nitrogens is 1. The Morgan fingerprint density at radius 3 is 2.36 bits per heavy atom. The topological polar surface area (TPSA) is 62.0 Å². The molecule has 116 valence electrons. The van der Waals surface area contributed by atoms with Crippen LogP contribution in [0.3, 0.4) is 0 Å². The fourth-order valence-electron chi connectivity index (χ4n) is 2.75. The summed E-state index contributed by atoms with van der Waals surface area (Å²) in [5.41, 5.74) is 3.78. The predicted molar refractivity (Wildman–Crippen MR) is 87.5 cm³/mol. The third-order valence-corrected chi connectivity index (χ3v) is 3.94. The lowest BCUT2D eigenvalue weighted by atomic mass is 10.0. The van der Waals surface area contributed by atoms with Gasteiger partial charge in [-0.2, -0.15) is 0 Å². The van der Waals surface area contributed by atoms with Crippen LogP contribution >= 0.6 is 0 Å². The van der Waals surface area contributed by atoms with Crippen molar-refractivity contribution in [3.05, 3.63) is 58.4 Å². The summed E-state index contributed by atoms with van der Waals surface area (Å²) >= 11 is 0. The number of rotatable bonds is 6. The van der Waals surface area contributed by atoms with Crippen molar-refractivity contribution in [2.24, 2.45) is 0 Å². The standard InChI is InChI=1S/C18H22N2O2/c1-11-17(14(4)21)13(3)20-18(11)16(22)10-19-12(2)15-8-6-5-7-9-15/h5-9,12,19-20H,10H2,1-4H3/t12-/m1/s1. The van der Waals surface area contributed by atoms with E-state index in [4.69, 9.17) is 0 Å². The molecule has 2 rings (SSSR count). The minimum Gasteiger partial charge on any atom is -0.355 e. The highest BCUT2D eigenvalue weighted by molar-refractivity contribution is 6.03. The van der Waals surface area contributed by atoms with E-state index < -0.39 is 0 Å². The van der Waals surface area contributed by atoms with E-state index in [1.54, 1.807) is 0 Å². The molecular weight excluding hydrogens is 276 g/mol. The van der Waals surface area contributed by atoms with Crippen LogP contribution in [0.1, 0.15) is 57.6 Å². The summed E-state index contributed by atoms with van der Waals surface area (Å²) in [6.07, 6.45) is 0. The first-order valence-electron chi connectivity index (χ1n) is 7.43. The number of nitrogens with one attached hydrogen (secondary N) is 2. The Labute approximate surface area is 130 Å². The van der Waals surface area contributed by atoms with Crippen LogP contribution in [0.15, 0.2) is 30.3 Å². The Hall–Kier alpha value is -2.20. The van der Waals surface area contributed by atoms with Gasteiger partial charge in [-0.3, -0.25) is 9.59 Å². The van der Waals surface area contributed by atoms with Crippen LogP contribution in [-0.4, -0.2) is 23.1 Å². The Morgan fingerprint density at radius 1 is 1.18 bits per heavy atom. The molecule has 1 aromatic heterocycles. The maximum absolute atomic E-state index is 12.4. The predicted octanol–water partition coefficient (Wildman–Crippen LogP) is 3.37. The molecule has 0 amide bonds. The van der Waals surface area contributed by atoms with Crippen LogP contribution in [0, 0.1) is 13.8 Å². The first-order chi connectivity index (χ1) is 10.4. The first kappa shape index (κ1) is 16.2. The Bertz CT molecular complexity index is 687. The molecule has 0 spiro atoms. The summed E-state index contributed by atoms with van der Waals surface area (Å²) in [5, 5.41) is 3.23. The normalized spacial score (nSPS) is 12.2. The van der Waals surface area contributed by atoms with E-state index in [9.17, 15) is 9.59 Å². The van der Waals surface area contributed by atoms with E-state index in [1.807, 2.05) is 51.1 Å². The van der Waals surface area contributed by atoms with Gasteiger partial charge in [0.25, 0.3) is 0 Å². The molecule has 0 saturated carbocycles. The first-order valence-corrected chi connectivity index (χ1v) is 7.43. The van der Waals surface area contributed by atoms with Crippen molar-refractivity contribution >= 4 is 11.6 Å². The molecule has 0 radical (unpaired) electrons. The van der Waals surface area contributed by atoms with Crippen molar-refractivity contribution in [3.63, 3.8) is 0 Å². The van der Waals surface area contributed by atoms with Crippen molar-refractivity contribution in [3.8, 4) is 0 Å². The highest BCUT2D eigenvalue weighted by atomic mass is 16.1. The summed E-state index contributed by atoms with van der Waals surface area (Å²) < 4.78 is 0. The summed E-state index contributed by atoms with van der Waals surface area (Å²) in [6, 6.07) is 10.1. The number of hydrogen-bond acceptors (Lipinski definition) is 3. The monoisotopic (exact) mass is 298 g/mol. The largest absolute Gasteiger partial charge is 0.355 e. The van der Waals surface area contributed by atoms with E-state index in [0.717, 1.165) is 16.8 Å². The third-order valence-electron chi connectivity index (χ3n) is 3.94. The molecule has 0 bridgehead atoms. The SMILES string of the molecule is CC(=O)c1c(C)[nH]c(C(=O)CN[C@H](C)c2ccccc2)c1C. The van der Waals surface area contributed by atoms with Crippen molar-refractivity contribution in [1.29, 1.82) is 0 Å². The van der Waals surface area contributed by atoms with Crippen LogP contribution in [0.4, 0.5) is 0 Å². The maximum atomic E-state index is 12.4. The Balaban J connectivity index is 2.07. The molecule has 1 heterocycles. The van der Waals surface area contributed by atoms with Crippen molar-refractivity contribution in [2.75, 3.05) is 6.54 Å². The molecule has 1 aromatic carbocycles. The number of benzene rings is 1. The zero-order valence-electron chi connectivity index (χ0n) is 13.5. The molecule has 22 heavy (non-hydrogen) atoms. The average molecular weight is 298 g/mol. The Morgan fingerprint density at radius 2 is 1.82 bits per heavy atom. The van der Waals surface area contributed by atoms with Crippen molar-refractivity contribution in [2.45, 2.75) is 33.7 Å². The number of aromatic nitrogens is 1. The van der Waals surface area contributed by atoms with Gasteiger partial charge in [0.05, 0.1) is 12.2 Å². The third kappa shape index (κ3) is 3.34. The van der Waals surface area contributed by atoms with Gasteiger partial charge in [0, 0.05) is 17.3 Å². The lowest BCUT2D eigenvalue weighted by Crippen LogP contribution is -2.26. The number of carbonyl (C=O) groups excluding carboxylic acids is 2. The minimum absolute atomic E-state index is 0.0177.